The third-order valence-electron chi connectivity index (χ3n) is 4.38. The summed E-state index contributed by atoms with van der Waals surface area (Å²) in [7, 11) is 0. The minimum absolute atomic E-state index is 0.219. The molecule has 0 aliphatic rings. The Labute approximate surface area is 166 Å². The van der Waals surface area contributed by atoms with Crippen LogP contribution in [0.15, 0.2) is 48.7 Å². The van der Waals surface area contributed by atoms with Gasteiger partial charge in [0.25, 0.3) is 5.91 Å². The van der Waals surface area contributed by atoms with Crippen LogP contribution < -0.4 is 10.1 Å². The topological polar surface area (TPSA) is 68.5 Å². The van der Waals surface area contributed by atoms with E-state index in [4.69, 9.17) is 4.74 Å². The van der Waals surface area contributed by atoms with Gasteiger partial charge < -0.3 is 4.74 Å². The summed E-state index contributed by atoms with van der Waals surface area (Å²) in [5.74, 6) is 0.610. The van der Waals surface area contributed by atoms with Crippen molar-refractivity contribution in [2.24, 2.45) is 0 Å². The molecule has 3 heterocycles. The molecule has 1 N–H and O–H groups in total. The van der Waals surface area contributed by atoms with E-state index in [1.54, 1.807) is 4.40 Å². The Balaban J connectivity index is 1.60. The highest BCUT2D eigenvalue weighted by Gasteiger charge is 2.19. The van der Waals surface area contributed by atoms with Crippen molar-refractivity contribution in [3.63, 3.8) is 0 Å². The van der Waals surface area contributed by atoms with Crippen molar-refractivity contribution in [1.29, 1.82) is 0 Å². The zero-order chi connectivity index (χ0) is 19.7. The molecule has 4 rings (SSSR count). The van der Waals surface area contributed by atoms with Crippen molar-refractivity contribution < 1.29 is 9.53 Å². The third kappa shape index (κ3) is 3.36. The van der Waals surface area contributed by atoms with Crippen LogP contribution in [0.5, 0.6) is 5.75 Å². The summed E-state index contributed by atoms with van der Waals surface area (Å²) in [5.41, 5.74) is 3.80. The quantitative estimate of drug-likeness (QED) is 0.533. The van der Waals surface area contributed by atoms with E-state index in [9.17, 15) is 4.79 Å². The number of nitrogens with one attached hydrogen (secondary N) is 1. The first kappa shape index (κ1) is 18.2. The molecule has 0 saturated heterocycles. The molecule has 0 bridgehead atoms. The number of carbonyl (C=O) groups is 1. The van der Waals surface area contributed by atoms with E-state index in [1.807, 2.05) is 69.4 Å². The maximum Gasteiger partial charge on any atom is 0.276 e. The molecule has 0 fully saturated rings. The fraction of sp³-hybridized carbons (Fsp3) is 0.190. The third-order valence-corrected chi connectivity index (χ3v) is 5.26. The molecule has 0 aliphatic carbocycles. The van der Waals surface area contributed by atoms with E-state index in [-0.39, 0.29) is 5.91 Å². The highest BCUT2D eigenvalue weighted by molar-refractivity contribution is 7.16. The maximum atomic E-state index is 12.9. The second kappa shape index (κ2) is 7.44. The van der Waals surface area contributed by atoms with Crippen LogP contribution in [0.1, 0.15) is 28.0 Å². The van der Waals surface area contributed by atoms with Crippen LogP contribution in [-0.2, 0) is 0 Å². The van der Waals surface area contributed by atoms with Gasteiger partial charge in [0.1, 0.15) is 17.1 Å². The second-order valence-electron chi connectivity index (χ2n) is 6.31. The van der Waals surface area contributed by atoms with Crippen LogP contribution in [0, 0.1) is 13.8 Å². The first-order valence-electron chi connectivity index (χ1n) is 9.02. The lowest BCUT2D eigenvalue weighted by Gasteiger charge is -2.04. The lowest BCUT2D eigenvalue weighted by atomic mass is 10.1. The van der Waals surface area contributed by atoms with Gasteiger partial charge in [-0.2, -0.15) is 0 Å². The molecule has 1 aromatic carbocycles. The second-order valence-corrected chi connectivity index (χ2v) is 7.51. The van der Waals surface area contributed by atoms with Crippen molar-refractivity contribution in [1.82, 2.24) is 14.4 Å². The molecule has 142 valence electrons. The number of ether oxygens (including phenoxy) is 1. The van der Waals surface area contributed by atoms with Gasteiger partial charge in [-0.15, -0.1) is 11.3 Å². The Morgan fingerprint density at radius 2 is 1.93 bits per heavy atom. The largest absolute Gasteiger partial charge is 0.494 e. The molecule has 0 unspecified atom stereocenters. The number of anilines is 1. The predicted molar refractivity (Wildman–Crippen MR) is 111 cm³/mol. The minimum atomic E-state index is -0.219. The van der Waals surface area contributed by atoms with Gasteiger partial charge in [-0.1, -0.05) is 6.07 Å². The number of hydrogen-bond donors (Lipinski definition) is 1. The molecule has 0 saturated carbocycles. The molecule has 1 amide bonds. The Morgan fingerprint density at radius 3 is 2.68 bits per heavy atom. The molecule has 6 nitrogen and oxygen atoms in total. The molecular weight excluding hydrogens is 372 g/mol. The predicted octanol–water partition coefficient (Wildman–Crippen LogP) is 4.73. The van der Waals surface area contributed by atoms with Gasteiger partial charge in [0, 0.05) is 16.6 Å². The van der Waals surface area contributed by atoms with E-state index in [0.29, 0.717) is 23.1 Å². The van der Waals surface area contributed by atoms with E-state index in [2.05, 4.69) is 15.3 Å². The number of fused-ring (bicyclic) bond motifs is 1. The number of imidazole rings is 1. The van der Waals surface area contributed by atoms with E-state index < -0.39 is 0 Å². The number of carbonyl (C=O) groups excluding carboxylic acids is 1. The number of aromatic nitrogens is 3. The lowest BCUT2D eigenvalue weighted by Crippen LogP contribution is -2.15. The van der Waals surface area contributed by atoms with Gasteiger partial charge in [0.15, 0.2) is 5.13 Å². The van der Waals surface area contributed by atoms with E-state index in [0.717, 1.165) is 27.5 Å². The summed E-state index contributed by atoms with van der Waals surface area (Å²) in [6.07, 6.45) is 1.84. The Morgan fingerprint density at radius 1 is 1.14 bits per heavy atom. The van der Waals surface area contributed by atoms with E-state index in [1.165, 1.54) is 11.3 Å². The molecule has 7 heteroatoms. The standard InChI is InChI=1S/C21H20N4O2S/c1-4-27-16-10-8-15(9-11-16)18-14(3)28-21(23-18)24-20(26)19-13(2)22-17-7-5-6-12-25(17)19/h5-12H,4H2,1-3H3,(H,23,24,26). The van der Waals surface area contributed by atoms with Gasteiger partial charge in [-0.05, 0) is 57.2 Å². The number of nitrogens with zero attached hydrogens (tertiary/aromatic N) is 3. The SMILES string of the molecule is CCOc1ccc(-c2nc(NC(=O)c3c(C)nc4ccccn34)sc2C)cc1. The van der Waals surface area contributed by atoms with E-state index >= 15 is 0 Å². The van der Waals surface area contributed by atoms with Crippen LogP contribution >= 0.6 is 11.3 Å². The molecule has 0 spiro atoms. The number of aryl methyl sites for hydroxylation is 2. The maximum absolute atomic E-state index is 12.9. The number of pyridine rings is 1. The van der Waals surface area contributed by atoms with Gasteiger partial charge in [-0.25, -0.2) is 9.97 Å². The summed E-state index contributed by atoms with van der Waals surface area (Å²) in [4.78, 5) is 23.0. The fourth-order valence-electron chi connectivity index (χ4n) is 3.14. The van der Waals surface area contributed by atoms with Crippen molar-refractivity contribution in [2.45, 2.75) is 20.8 Å². The highest BCUT2D eigenvalue weighted by Crippen LogP contribution is 2.31. The van der Waals surface area contributed by atoms with Crippen molar-refractivity contribution in [2.75, 3.05) is 11.9 Å². The first-order chi connectivity index (χ1) is 13.6. The van der Waals surface area contributed by atoms with Crippen molar-refractivity contribution >= 4 is 28.0 Å². The van der Waals surface area contributed by atoms with Crippen LogP contribution in [0.25, 0.3) is 16.9 Å². The minimum Gasteiger partial charge on any atom is -0.494 e. The summed E-state index contributed by atoms with van der Waals surface area (Å²) < 4.78 is 7.28. The Kier molecular flexibility index (Phi) is 4.83. The van der Waals surface area contributed by atoms with Gasteiger partial charge in [0.05, 0.1) is 18.0 Å². The smallest absolute Gasteiger partial charge is 0.276 e. The summed E-state index contributed by atoms with van der Waals surface area (Å²) in [6, 6.07) is 13.5. The highest BCUT2D eigenvalue weighted by atomic mass is 32.1. The Hall–Kier alpha value is -3.19. The lowest BCUT2D eigenvalue weighted by molar-refractivity contribution is 0.102. The van der Waals surface area contributed by atoms with Crippen molar-refractivity contribution in [3.05, 3.63) is 64.9 Å². The number of amides is 1. The summed E-state index contributed by atoms with van der Waals surface area (Å²) >= 11 is 1.46. The summed E-state index contributed by atoms with van der Waals surface area (Å²) in [6.45, 7) is 6.42. The Bertz CT molecular complexity index is 1150. The zero-order valence-corrected chi connectivity index (χ0v) is 16.7. The summed E-state index contributed by atoms with van der Waals surface area (Å²) in [5, 5.41) is 3.49. The number of benzene rings is 1. The molecule has 0 radical (unpaired) electrons. The number of rotatable bonds is 5. The van der Waals surface area contributed by atoms with Gasteiger partial charge in [-0.3, -0.25) is 14.5 Å². The van der Waals surface area contributed by atoms with Crippen molar-refractivity contribution in [3.8, 4) is 17.0 Å². The zero-order valence-electron chi connectivity index (χ0n) is 15.9. The fourth-order valence-corrected chi connectivity index (χ4v) is 3.97. The number of hydrogen-bond acceptors (Lipinski definition) is 5. The normalized spacial score (nSPS) is 11.0. The van der Waals surface area contributed by atoms with Crippen LogP contribution in [0.4, 0.5) is 5.13 Å². The molecule has 0 aliphatic heterocycles. The molecule has 3 aromatic heterocycles. The average molecular weight is 392 g/mol. The van der Waals surface area contributed by atoms with Crippen LogP contribution in [0.3, 0.4) is 0 Å². The first-order valence-corrected chi connectivity index (χ1v) is 9.84. The van der Waals surface area contributed by atoms with Crippen LogP contribution in [0.2, 0.25) is 0 Å². The molecule has 0 atom stereocenters. The average Bonchev–Trinajstić information content (AvgIpc) is 3.21. The monoisotopic (exact) mass is 392 g/mol. The number of thiazole rings is 1. The van der Waals surface area contributed by atoms with Gasteiger partial charge >= 0.3 is 0 Å². The molecule has 4 aromatic rings. The molecular formula is C21H20N4O2S. The van der Waals surface area contributed by atoms with Gasteiger partial charge in [0.2, 0.25) is 0 Å². The van der Waals surface area contributed by atoms with Crippen LogP contribution in [-0.4, -0.2) is 26.9 Å². The molecule has 28 heavy (non-hydrogen) atoms.